The summed E-state index contributed by atoms with van der Waals surface area (Å²) in [5.74, 6) is -0.295. The third-order valence-corrected chi connectivity index (χ3v) is 7.92. The predicted molar refractivity (Wildman–Crippen MR) is 166 cm³/mol. The highest BCUT2D eigenvalue weighted by Gasteiger charge is 2.17. The lowest BCUT2D eigenvalue weighted by Crippen LogP contribution is -2.33. The summed E-state index contributed by atoms with van der Waals surface area (Å²) in [5, 5.41) is 6.61. The molecule has 2 fully saturated rings. The highest BCUT2D eigenvalue weighted by molar-refractivity contribution is 5.80. The number of imidazole rings is 2. The van der Waals surface area contributed by atoms with Crippen LogP contribution in [-0.4, -0.2) is 59.3 Å². The summed E-state index contributed by atoms with van der Waals surface area (Å²) in [6.45, 7) is 4.83. The zero-order chi connectivity index (χ0) is 30.8. The van der Waals surface area contributed by atoms with Crippen molar-refractivity contribution in [1.82, 2.24) is 30.6 Å². The highest BCUT2D eigenvalue weighted by Crippen LogP contribution is 2.27. The van der Waals surface area contributed by atoms with Gasteiger partial charge in [-0.05, 0) is 35.4 Å². The van der Waals surface area contributed by atoms with Crippen molar-refractivity contribution in [3.63, 3.8) is 0 Å². The molecule has 45 heavy (non-hydrogen) atoms. The second-order valence-corrected chi connectivity index (χ2v) is 11.0. The van der Waals surface area contributed by atoms with Crippen LogP contribution in [0.5, 0.6) is 0 Å². The number of H-pyrrole nitrogens is 2. The number of hydrogen-bond acceptors (Lipinski definition) is 6. The summed E-state index contributed by atoms with van der Waals surface area (Å²) in [5.41, 5.74) is 5.98. The third kappa shape index (κ3) is 6.47. The van der Waals surface area contributed by atoms with Crippen LogP contribution in [0.2, 0.25) is 0 Å². The van der Waals surface area contributed by atoms with E-state index >= 15 is 0 Å². The number of ether oxygens (including phenoxy) is 2. The number of nitrogens with one attached hydrogen (secondary N) is 4. The van der Waals surface area contributed by atoms with E-state index in [0.29, 0.717) is 23.5 Å². The zero-order valence-electron chi connectivity index (χ0n) is 24.2. The van der Waals surface area contributed by atoms with E-state index in [-0.39, 0.29) is 23.5 Å². The van der Waals surface area contributed by atoms with Crippen molar-refractivity contribution >= 4 is 22.1 Å². The van der Waals surface area contributed by atoms with Gasteiger partial charge in [-0.15, -0.1) is 0 Å². The third-order valence-electron chi connectivity index (χ3n) is 7.92. The molecule has 2 saturated heterocycles. The Labute approximate surface area is 257 Å². The minimum atomic E-state index is -0.666. The largest absolute Gasteiger partial charge is 0.371 e. The maximum Gasteiger partial charge on any atom is 0.153 e. The first-order chi connectivity index (χ1) is 22.0. The molecule has 0 spiro atoms. The Morgan fingerprint density at radius 3 is 1.73 bits per heavy atom. The smallest absolute Gasteiger partial charge is 0.153 e. The standard InChI is InChI=1S/C17H15F2N3O.C17H16FN3O/c18-12-7-13(19)16-14(8-12)21-17(22-16)11-3-1-10(2-4-11)15-9-20-5-6-23-15;18-13-5-6-14-15(9-13)21-17(20-14)12-3-1-11(2-4-12)16-10-19-7-8-22-16/h1-4,7-8,15,20H,5-6,9H2,(H,21,22);1-6,9,16,19H,7-8,10H2,(H,20,21)/t15-;16-/m10/s1. The summed E-state index contributed by atoms with van der Waals surface area (Å²) >= 11 is 0. The minimum Gasteiger partial charge on any atom is -0.371 e. The van der Waals surface area contributed by atoms with Gasteiger partial charge in [-0.3, -0.25) is 0 Å². The van der Waals surface area contributed by atoms with Gasteiger partial charge in [-0.25, -0.2) is 23.1 Å². The Bertz CT molecular complexity index is 1910. The second kappa shape index (κ2) is 12.8. The minimum absolute atomic E-state index is 0.0417. The first-order valence-electron chi connectivity index (χ1n) is 14.9. The summed E-state index contributed by atoms with van der Waals surface area (Å²) in [6, 6.07) is 22.5. The summed E-state index contributed by atoms with van der Waals surface area (Å²) in [7, 11) is 0. The molecule has 2 aromatic heterocycles. The molecule has 6 aromatic rings. The number of halogens is 3. The lowest BCUT2D eigenvalue weighted by molar-refractivity contribution is 0.0276. The van der Waals surface area contributed by atoms with Crippen LogP contribution in [0.4, 0.5) is 13.2 Å². The number of morpholine rings is 2. The van der Waals surface area contributed by atoms with E-state index < -0.39 is 11.6 Å². The lowest BCUT2D eigenvalue weighted by atomic mass is 10.1. The van der Waals surface area contributed by atoms with Gasteiger partial charge in [-0.2, -0.15) is 0 Å². The zero-order valence-corrected chi connectivity index (χ0v) is 24.2. The molecule has 0 unspecified atom stereocenters. The van der Waals surface area contributed by atoms with Crippen molar-refractivity contribution in [1.29, 1.82) is 0 Å². The molecule has 0 bridgehead atoms. The molecular formula is C34H31F3N6O2. The Morgan fingerprint density at radius 2 is 1.16 bits per heavy atom. The van der Waals surface area contributed by atoms with E-state index in [1.165, 1.54) is 18.2 Å². The number of nitrogens with zero attached hydrogens (tertiary/aromatic N) is 2. The molecule has 8 nitrogen and oxygen atoms in total. The van der Waals surface area contributed by atoms with Gasteiger partial charge in [0.25, 0.3) is 0 Å². The fraction of sp³-hybridized carbons (Fsp3) is 0.235. The van der Waals surface area contributed by atoms with E-state index in [0.717, 1.165) is 72.4 Å². The number of fused-ring (bicyclic) bond motifs is 2. The highest BCUT2D eigenvalue weighted by atomic mass is 19.1. The van der Waals surface area contributed by atoms with Gasteiger partial charge in [0.1, 0.15) is 28.8 Å². The molecule has 4 heterocycles. The molecule has 0 saturated carbocycles. The molecule has 2 aliphatic rings. The van der Waals surface area contributed by atoms with Crippen molar-refractivity contribution in [2.45, 2.75) is 12.2 Å². The van der Waals surface area contributed by atoms with E-state index in [4.69, 9.17) is 9.47 Å². The SMILES string of the molecule is Fc1cc(F)c2nc(-c3ccc([C@H]4CNCCO4)cc3)[nH]c2c1.Fc1ccc2nc(-c3ccc([C@@H]4CNCCO4)cc3)[nH]c2c1. The van der Waals surface area contributed by atoms with Crippen LogP contribution >= 0.6 is 0 Å². The molecule has 0 amide bonds. The molecule has 8 rings (SSSR count). The van der Waals surface area contributed by atoms with Gasteiger partial charge in [0.05, 0.1) is 42.0 Å². The van der Waals surface area contributed by atoms with Crippen molar-refractivity contribution in [2.75, 3.05) is 39.4 Å². The fourth-order valence-corrected chi connectivity index (χ4v) is 5.57. The van der Waals surface area contributed by atoms with Crippen molar-refractivity contribution in [3.8, 4) is 22.8 Å². The molecule has 11 heteroatoms. The summed E-state index contributed by atoms with van der Waals surface area (Å²) in [6.07, 6.45) is 0.146. The Kier molecular flexibility index (Phi) is 8.31. The van der Waals surface area contributed by atoms with E-state index in [2.05, 4.69) is 42.7 Å². The molecule has 2 aliphatic heterocycles. The van der Waals surface area contributed by atoms with Gasteiger partial charge in [0.15, 0.2) is 5.82 Å². The first kappa shape index (κ1) is 29.2. The summed E-state index contributed by atoms with van der Waals surface area (Å²) in [4.78, 5) is 14.8. The molecule has 4 N–H and O–H groups in total. The molecular weight excluding hydrogens is 581 g/mol. The normalized spacial score (nSPS) is 18.6. The van der Waals surface area contributed by atoms with E-state index in [1.54, 1.807) is 6.07 Å². The number of aromatic nitrogens is 4. The van der Waals surface area contributed by atoms with Crippen LogP contribution in [0.25, 0.3) is 44.8 Å². The molecule has 0 radical (unpaired) electrons. The van der Waals surface area contributed by atoms with Crippen LogP contribution in [0.3, 0.4) is 0 Å². The second-order valence-electron chi connectivity index (χ2n) is 11.0. The van der Waals surface area contributed by atoms with Crippen molar-refractivity contribution in [3.05, 3.63) is 107 Å². The quantitative estimate of drug-likeness (QED) is 0.189. The number of aromatic amines is 2. The van der Waals surface area contributed by atoms with Gasteiger partial charge in [0.2, 0.25) is 0 Å². The van der Waals surface area contributed by atoms with Crippen molar-refractivity contribution in [2.24, 2.45) is 0 Å². The monoisotopic (exact) mass is 612 g/mol. The maximum absolute atomic E-state index is 13.7. The Morgan fingerprint density at radius 1 is 0.600 bits per heavy atom. The fourth-order valence-electron chi connectivity index (χ4n) is 5.57. The maximum atomic E-state index is 13.7. The van der Waals surface area contributed by atoms with Crippen molar-refractivity contribution < 1.29 is 22.6 Å². The van der Waals surface area contributed by atoms with Crippen LogP contribution < -0.4 is 10.6 Å². The first-order valence-corrected chi connectivity index (χ1v) is 14.9. The Hall–Kier alpha value is -4.55. The molecule has 230 valence electrons. The van der Waals surface area contributed by atoms with Crippen LogP contribution in [0, 0.1) is 17.5 Å². The molecule has 2 atom stereocenters. The van der Waals surface area contributed by atoms with Crippen LogP contribution in [0.15, 0.2) is 78.9 Å². The van der Waals surface area contributed by atoms with Gasteiger partial charge in [-0.1, -0.05) is 48.5 Å². The van der Waals surface area contributed by atoms with E-state index in [9.17, 15) is 13.2 Å². The molecule has 0 aliphatic carbocycles. The number of hydrogen-bond donors (Lipinski definition) is 4. The number of rotatable bonds is 4. The Balaban J connectivity index is 0.000000145. The molecule has 4 aromatic carbocycles. The number of benzene rings is 4. The average molecular weight is 613 g/mol. The van der Waals surface area contributed by atoms with Gasteiger partial charge >= 0.3 is 0 Å². The lowest BCUT2D eigenvalue weighted by Gasteiger charge is -2.24. The van der Waals surface area contributed by atoms with Crippen LogP contribution in [0.1, 0.15) is 23.3 Å². The average Bonchev–Trinajstić information content (AvgIpc) is 3.71. The predicted octanol–water partition coefficient (Wildman–Crippen LogP) is 6.20. The van der Waals surface area contributed by atoms with Gasteiger partial charge in [0, 0.05) is 43.4 Å². The van der Waals surface area contributed by atoms with E-state index in [1.807, 2.05) is 36.4 Å². The van der Waals surface area contributed by atoms with Crippen LogP contribution in [-0.2, 0) is 9.47 Å². The topological polar surface area (TPSA) is 99.9 Å². The summed E-state index contributed by atoms with van der Waals surface area (Å²) < 4.78 is 51.7. The van der Waals surface area contributed by atoms with Gasteiger partial charge < -0.3 is 30.1 Å².